The maximum absolute atomic E-state index is 12.3. The molecule has 1 aliphatic heterocycles. The second-order valence-electron chi connectivity index (χ2n) is 5.46. The average Bonchev–Trinajstić information content (AvgIpc) is 2.61. The SMILES string of the molecule is COC(=O)C1=C(C)NC(c2ccccc2)=NC1c1cccc(Cl)c1. The fourth-order valence-corrected chi connectivity index (χ4v) is 2.91. The van der Waals surface area contributed by atoms with Crippen LogP contribution in [0.2, 0.25) is 5.02 Å². The van der Waals surface area contributed by atoms with Gasteiger partial charge in [-0.15, -0.1) is 0 Å². The lowest BCUT2D eigenvalue weighted by atomic mass is 9.95. The van der Waals surface area contributed by atoms with E-state index in [2.05, 4.69) is 5.32 Å². The zero-order chi connectivity index (χ0) is 17.1. The Morgan fingerprint density at radius 2 is 1.92 bits per heavy atom. The van der Waals surface area contributed by atoms with Gasteiger partial charge in [-0.3, -0.25) is 4.99 Å². The summed E-state index contributed by atoms with van der Waals surface area (Å²) in [7, 11) is 1.37. The van der Waals surface area contributed by atoms with E-state index >= 15 is 0 Å². The Balaban J connectivity index is 2.11. The smallest absolute Gasteiger partial charge is 0.338 e. The first-order chi connectivity index (χ1) is 11.6. The first kappa shape index (κ1) is 16.3. The van der Waals surface area contributed by atoms with E-state index in [-0.39, 0.29) is 0 Å². The maximum atomic E-state index is 12.3. The number of rotatable bonds is 3. The number of ether oxygens (including phenoxy) is 1. The van der Waals surface area contributed by atoms with Crippen molar-refractivity contribution in [3.63, 3.8) is 0 Å². The molecule has 0 radical (unpaired) electrons. The molecule has 5 heteroatoms. The van der Waals surface area contributed by atoms with Gasteiger partial charge in [-0.05, 0) is 24.6 Å². The fraction of sp³-hybridized carbons (Fsp3) is 0.158. The largest absolute Gasteiger partial charge is 0.466 e. The Bertz CT molecular complexity index is 828. The first-order valence-electron chi connectivity index (χ1n) is 7.55. The summed E-state index contributed by atoms with van der Waals surface area (Å²) >= 11 is 6.12. The normalized spacial score (nSPS) is 17.1. The second-order valence-corrected chi connectivity index (χ2v) is 5.89. The molecule has 3 rings (SSSR count). The van der Waals surface area contributed by atoms with Crippen LogP contribution in [0, 0.1) is 0 Å². The van der Waals surface area contributed by atoms with E-state index in [0.29, 0.717) is 16.4 Å². The van der Waals surface area contributed by atoms with Gasteiger partial charge in [0.1, 0.15) is 11.9 Å². The van der Waals surface area contributed by atoms with E-state index in [1.807, 2.05) is 55.5 Å². The summed E-state index contributed by atoms with van der Waals surface area (Å²) in [6.45, 7) is 1.85. The number of aliphatic imine (C=N–C) groups is 1. The number of hydrogen-bond donors (Lipinski definition) is 1. The molecule has 1 N–H and O–H groups in total. The number of allylic oxidation sites excluding steroid dienone is 1. The van der Waals surface area contributed by atoms with Crippen molar-refractivity contribution >= 4 is 23.4 Å². The summed E-state index contributed by atoms with van der Waals surface area (Å²) in [6.07, 6.45) is 0. The van der Waals surface area contributed by atoms with Gasteiger partial charge in [0.2, 0.25) is 0 Å². The standard InChI is InChI=1S/C19H17ClN2O2/c1-12-16(19(23)24-2)17(14-9-6-10-15(20)11-14)22-18(21-12)13-7-4-3-5-8-13/h3-11,17H,1-2H3,(H,21,22). The monoisotopic (exact) mass is 340 g/mol. The number of amidine groups is 1. The van der Waals surface area contributed by atoms with Crippen molar-refractivity contribution in [2.24, 2.45) is 4.99 Å². The predicted octanol–water partition coefficient (Wildman–Crippen LogP) is 3.88. The van der Waals surface area contributed by atoms with Crippen LogP contribution in [-0.4, -0.2) is 18.9 Å². The van der Waals surface area contributed by atoms with Gasteiger partial charge in [0.15, 0.2) is 0 Å². The van der Waals surface area contributed by atoms with Crippen LogP contribution in [0.1, 0.15) is 24.1 Å². The highest BCUT2D eigenvalue weighted by atomic mass is 35.5. The minimum atomic E-state index is -0.465. The van der Waals surface area contributed by atoms with Crippen LogP contribution in [-0.2, 0) is 9.53 Å². The van der Waals surface area contributed by atoms with Gasteiger partial charge in [0.05, 0.1) is 12.7 Å². The van der Waals surface area contributed by atoms with E-state index in [4.69, 9.17) is 21.3 Å². The number of nitrogens with zero attached hydrogens (tertiary/aromatic N) is 1. The number of nitrogens with one attached hydrogen (secondary N) is 1. The van der Waals surface area contributed by atoms with E-state index in [9.17, 15) is 4.79 Å². The third-order valence-electron chi connectivity index (χ3n) is 3.86. The van der Waals surface area contributed by atoms with E-state index in [0.717, 1.165) is 16.8 Å². The van der Waals surface area contributed by atoms with Crippen LogP contribution in [0.25, 0.3) is 0 Å². The van der Waals surface area contributed by atoms with Crippen molar-refractivity contribution in [1.29, 1.82) is 0 Å². The Hall–Kier alpha value is -2.59. The molecule has 1 aliphatic rings. The van der Waals surface area contributed by atoms with Crippen LogP contribution in [0.5, 0.6) is 0 Å². The highest BCUT2D eigenvalue weighted by Gasteiger charge is 2.30. The van der Waals surface area contributed by atoms with Crippen LogP contribution in [0.3, 0.4) is 0 Å². The summed E-state index contributed by atoms with van der Waals surface area (Å²) in [5.74, 6) is 0.312. The Morgan fingerprint density at radius 3 is 2.58 bits per heavy atom. The molecular formula is C19H17ClN2O2. The topological polar surface area (TPSA) is 50.7 Å². The molecule has 2 aromatic rings. The average molecular weight is 341 g/mol. The van der Waals surface area contributed by atoms with Gasteiger partial charge in [0, 0.05) is 16.3 Å². The molecule has 4 nitrogen and oxygen atoms in total. The second kappa shape index (κ2) is 6.89. The Labute approximate surface area is 145 Å². The van der Waals surface area contributed by atoms with Crippen LogP contribution in [0.4, 0.5) is 0 Å². The number of halogens is 1. The number of carbonyl (C=O) groups is 1. The van der Waals surface area contributed by atoms with E-state index in [1.165, 1.54) is 7.11 Å². The molecule has 0 saturated heterocycles. The molecule has 1 atom stereocenters. The lowest BCUT2D eigenvalue weighted by Crippen LogP contribution is -2.32. The summed E-state index contributed by atoms with van der Waals surface area (Å²) in [4.78, 5) is 17.0. The maximum Gasteiger partial charge on any atom is 0.338 e. The Kier molecular flexibility index (Phi) is 4.67. The molecule has 0 bridgehead atoms. The molecule has 0 aliphatic carbocycles. The van der Waals surface area contributed by atoms with Crippen molar-refractivity contribution in [1.82, 2.24) is 5.32 Å². The zero-order valence-electron chi connectivity index (χ0n) is 13.4. The molecular weight excluding hydrogens is 324 g/mol. The quantitative estimate of drug-likeness (QED) is 0.863. The van der Waals surface area contributed by atoms with Gasteiger partial charge >= 0.3 is 5.97 Å². The molecule has 0 spiro atoms. The Morgan fingerprint density at radius 1 is 1.17 bits per heavy atom. The van der Waals surface area contributed by atoms with Crippen molar-refractivity contribution in [3.8, 4) is 0 Å². The van der Waals surface area contributed by atoms with Crippen LogP contribution in [0.15, 0.2) is 70.9 Å². The highest BCUT2D eigenvalue weighted by Crippen LogP contribution is 2.33. The molecule has 1 unspecified atom stereocenters. The van der Waals surface area contributed by atoms with Gasteiger partial charge < -0.3 is 10.1 Å². The molecule has 122 valence electrons. The molecule has 0 aromatic heterocycles. The highest BCUT2D eigenvalue weighted by molar-refractivity contribution is 6.30. The summed E-state index contributed by atoms with van der Waals surface area (Å²) in [6, 6.07) is 16.7. The van der Waals surface area contributed by atoms with Gasteiger partial charge in [-0.2, -0.15) is 0 Å². The molecule has 24 heavy (non-hydrogen) atoms. The lowest BCUT2D eigenvalue weighted by Gasteiger charge is -2.26. The summed E-state index contributed by atoms with van der Waals surface area (Å²) in [5.41, 5.74) is 3.00. The third-order valence-corrected chi connectivity index (χ3v) is 4.09. The number of methoxy groups -OCH3 is 1. The van der Waals surface area contributed by atoms with Crippen LogP contribution < -0.4 is 5.32 Å². The number of esters is 1. The minimum Gasteiger partial charge on any atom is -0.466 e. The zero-order valence-corrected chi connectivity index (χ0v) is 14.2. The minimum absolute atomic E-state index is 0.402. The molecule has 0 fully saturated rings. The van der Waals surface area contributed by atoms with Gasteiger partial charge in [-0.1, -0.05) is 54.1 Å². The molecule has 0 amide bonds. The van der Waals surface area contributed by atoms with Crippen molar-refractivity contribution in [2.45, 2.75) is 13.0 Å². The molecule has 0 saturated carbocycles. The third kappa shape index (κ3) is 3.19. The van der Waals surface area contributed by atoms with Crippen molar-refractivity contribution in [3.05, 3.63) is 82.0 Å². The summed E-state index contributed by atoms with van der Waals surface area (Å²) < 4.78 is 4.94. The summed E-state index contributed by atoms with van der Waals surface area (Å²) in [5, 5.41) is 3.81. The number of carbonyl (C=O) groups excluding carboxylic acids is 1. The van der Waals surface area contributed by atoms with Gasteiger partial charge in [-0.25, -0.2) is 4.79 Å². The number of benzene rings is 2. The number of hydrogen-bond acceptors (Lipinski definition) is 4. The predicted molar refractivity (Wildman–Crippen MR) is 95.0 cm³/mol. The first-order valence-corrected chi connectivity index (χ1v) is 7.92. The van der Waals surface area contributed by atoms with E-state index < -0.39 is 12.0 Å². The van der Waals surface area contributed by atoms with E-state index in [1.54, 1.807) is 6.07 Å². The van der Waals surface area contributed by atoms with Gasteiger partial charge in [0.25, 0.3) is 0 Å². The van der Waals surface area contributed by atoms with Crippen molar-refractivity contribution < 1.29 is 9.53 Å². The molecule has 2 aromatic carbocycles. The van der Waals surface area contributed by atoms with Crippen LogP contribution >= 0.6 is 11.6 Å². The lowest BCUT2D eigenvalue weighted by molar-refractivity contribution is -0.136. The van der Waals surface area contributed by atoms with Crippen molar-refractivity contribution in [2.75, 3.05) is 7.11 Å². The molecule has 1 heterocycles. The fourth-order valence-electron chi connectivity index (χ4n) is 2.71.